The second-order valence-corrected chi connectivity index (χ2v) is 18.7. The van der Waals surface area contributed by atoms with Gasteiger partial charge >= 0.3 is 12.4 Å². The molecule has 318 valence electrons. The molecular weight excluding hydrogens is 767 g/mol. The molecule has 6 atom stereocenters. The fraction of sp³-hybridized carbons (Fsp3) is 0.850. The molecule has 4 rings (SSSR count). The van der Waals surface area contributed by atoms with Crippen molar-refractivity contribution in [1.29, 1.82) is 0 Å². The fourth-order valence-corrected chi connectivity index (χ4v) is 11.4. The lowest BCUT2D eigenvalue weighted by Gasteiger charge is -2.50. The summed E-state index contributed by atoms with van der Waals surface area (Å²) in [6.07, 6.45) is -3.41. The van der Waals surface area contributed by atoms with Gasteiger partial charge in [0.1, 0.15) is 5.75 Å². The van der Waals surface area contributed by atoms with Crippen LogP contribution in [0.5, 0.6) is 5.75 Å². The van der Waals surface area contributed by atoms with Crippen molar-refractivity contribution in [3.8, 4) is 5.75 Å². The summed E-state index contributed by atoms with van der Waals surface area (Å²) in [4.78, 5) is 7.18. The number of nitrogens with two attached hydrogens (primary N) is 1. The Balaban J connectivity index is 1.14. The maximum atomic E-state index is 13.6. The van der Waals surface area contributed by atoms with Crippen molar-refractivity contribution in [3.63, 3.8) is 0 Å². The van der Waals surface area contributed by atoms with E-state index in [-0.39, 0.29) is 31.0 Å². The normalized spacial score (nSPS) is 24.8. The number of ether oxygens (including phenoxy) is 4. The van der Waals surface area contributed by atoms with Gasteiger partial charge in [-0.2, -0.15) is 26.3 Å². The van der Waals surface area contributed by atoms with Crippen LogP contribution in [-0.4, -0.2) is 101 Å². The van der Waals surface area contributed by atoms with E-state index in [0.29, 0.717) is 43.5 Å². The minimum Gasteiger partial charge on any atom is -0.493 e. The van der Waals surface area contributed by atoms with Gasteiger partial charge < -0.3 is 28.7 Å². The molecule has 1 aromatic rings. The molecule has 2 N–H and O–H groups in total. The maximum absolute atomic E-state index is 13.6. The van der Waals surface area contributed by atoms with Crippen molar-refractivity contribution in [2.24, 2.45) is 29.1 Å². The van der Waals surface area contributed by atoms with E-state index in [1.54, 1.807) is 7.11 Å². The van der Waals surface area contributed by atoms with Gasteiger partial charge in [0, 0.05) is 31.1 Å². The summed E-state index contributed by atoms with van der Waals surface area (Å²) in [5.74, 6) is 9.98. The zero-order valence-electron chi connectivity index (χ0n) is 33.1. The van der Waals surface area contributed by atoms with E-state index >= 15 is 0 Å². The first-order valence-electron chi connectivity index (χ1n) is 20.1. The molecule has 0 radical (unpaired) electrons. The van der Waals surface area contributed by atoms with Gasteiger partial charge in [0.15, 0.2) is 0 Å². The highest BCUT2D eigenvalue weighted by atomic mass is 33.1. The van der Waals surface area contributed by atoms with Crippen molar-refractivity contribution >= 4 is 21.6 Å². The number of fused-ring (bicyclic) bond motifs is 5. The van der Waals surface area contributed by atoms with Gasteiger partial charge in [-0.1, -0.05) is 47.9 Å². The average Bonchev–Trinajstić information content (AvgIpc) is 3.47. The molecule has 0 bridgehead atoms. The van der Waals surface area contributed by atoms with Crippen LogP contribution in [-0.2, 0) is 25.5 Å². The highest BCUT2D eigenvalue weighted by Gasteiger charge is 2.71. The smallest absolute Gasteiger partial charge is 0.426 e. The van der Waals surface area contributed by atoms with Gasteiger partial charge in [-0.05, 0) is 137 Å². The number of alkyl halides is 6. The Morgan fingerprint density at radius 1 is 0.927 bits per heavy atom. The van der Waals surface area contributed by atoms with Gasteiger partial charge in [-0.3, -0.25) is 0 Å². The van der Waals surface area contributed by atoms with Gasteiger partial charge in [0.2, 0.25) is 0 Å². The molecular formula is C40H64F6N2O5S2. The zero-order valence-corrected chi connectivity index (χ0v) is 34.8. The number of aryl methyl sites for hydroxylation is 1. The molecule has 0 aliphatic heterocycles. The third-order valence-electron chi connectivity index (χ3n) is 12.3. The molecule has 0 spiro atoms. The van der Waals surface area contributed by atoms with Crippen LogP contribution < -0.4 is 10.6 Å². The number of hydrogen-bond acceptors (Lipinski definition) is 9. The number of nitrogens with zero attached hydrogens (tertiary/aromatic N) is 1. The Morgan fingerprint density at radius 3 is 2.38 bits per heavy atom. The van der Waals surface area contributed by atoms with Crippen LogP contribution in [0.2, 0.25) is 0 Å². The fourth-order valence-electron chi connectivity index (χ4n) is 9.49. The van der Waals surface area contributed by atoms with E-state index in [2.05, 4.69) is 41.8 Å². The number of halogens is 6. The van der Waals surface area contributed by atoms with Crippen LogP contribution >= 0.6 is 21.6 Å². The van der Waals surface area contributed by atoms with E-state index in [1.807, 2.05) is 21.6 Å². The summed E-state index contributed by atoms with van der Waals surface area (Å²) >= 11 is 0. The standard InChI is InChI=1S/C40H64F6N2O5S2/c1-5-17-38(39(41,42)43,40(44,45)46)52-22-8-21-51-36-15-14-35-34-12-10-30-26-31(11-13-32(30)33(34)16-18-37(35,36)2)50-23-25-55-54-24-7-20-48(3)19-6-9-29(27-49-4)28-53-47/h11,13,26,29,33-36H,5-10,12,14-25,27-28,47H2,1-4H3. The first-order chi connectivity index (χ1) is 26.2. The summed E-state index contributed by atoms with van der Waals surface area (Å²) in [6, 6.07) is 6.59. The summed E-state index contributed by atoms with van der Waals surface area (Å²) in [6.45, 7) is 6.94. The van der Waals surface area contributed by atoms with Gasteiger partial charge in [-0.15, -0.1) is 0 Å². The monoisotopic (exact) mass is 830 g/mol. The Kier molecular flexibility index (Phi) is 18.6. The predicted molar refractivity (Wildman–Crippen MR) is 208 cm³/mol. The largest absolute Gasteiger partial charge is 0.493 e. The van der Waals surface area contributed by atoms with Crippen molar-refractivity contribution in [2.45, 2.75) is 121 Å². The molecule has 15 heteroatoms. The van der Waals surface area contributed by atoms with Crippen LogP contribution in [0.25, 0.3) is 0 Å². The van der Waals surface area contributed by atoms with Gasteiger partial charge in [0.25, 0.3) is 5.60 Å². The Labute approximate surface area is 332 Å². The highest BCUT2D eigenvalue weighted by Crippen LogP contribution is 2.61. The molecule has 55 heavy (non-hydrogen) atoms. The molecule has 3 aliphatic rings. The summed E-state index contributed by atoms with van der Waals surface area (Å²) in [5.41, 5.74) is -1.41. The van der Waals surface area contributed by atoms with Crippen LogP contribution in [0, 0.1) is 23.2 Å². The molecule has 3 aliphatic carbocycles. The molecule has 0 heterocycles. The van der Waals surface area contributed by atoms with E-state index in [0.717, 1.165) is 88.1 Å². The Bertz CT molecular complexity index is 1260. The summed E-state index contributed by atoms with van der Waals surface area (Å²) in [5, 5.41) is 0. The second kappa shape index (κ2) is 21.9. The lowest BCUT2D eigenvalue weighted by Crippen LogP contribution is -2.58. The predicted octanol–water partition coefficient (Wildman–Crippen LogP) is 10.0. The van der Waals surface area contributed by atoms with Crippen molar-refractivity contribution in [2.75, 3.05) is 71.8 Å². The van der Waals surface area contributed by atoms with E-state index in [1.165, 1.54) is 18.1 Å². The molecule has 2 fully saturated rings. The van der Waals surface area contributed by atoms with Crippen LogP contribution in [0.4, 0.5) is 26.3 Å². The maximum Gasteiger partial charge on any atom is 0.426 e. The number of hydrogen-bond donors (Lipinski definition) is 1. The van der Waals surface area contributed by atoms with E-state index in [4.69, 9.17) is 24.9 Å². The van der Waals surface area contributed by atoms with E-state index in [9.17, 15) is 26.3 Å². The zero-order chi connectivity index (χ0) is 40.1. The molecule has 1 aromatic carbocycles. The first-order valence-corrected chi connectivity index (χ1v) is 22.6. The van der Waals surface area contributed by atoms with Crippen molar-refractivity contribution in [3.05, 3.63) is 29.3 Å². The van der Waals surface area contributed by atoms with Gasteiger partial charge in [-0.25, -0.2) is 5.90 Å². The third-order valence-corrected chi connectivity index (χ3v) is 14.7. The quantitative estimate of drug-likeness (QED) is 0.0449. The van der Waals surface area contributed by atoms with E-state index < -0.39 is 31.0 Å². The molecule has 6 unspecified atom stereocenters. The molecule has 0 saturated heterocycles. The van der Waals surface area contributed by atoms with Crippen LogP contribution in [0.15, 0.2) is 18.2 Å². The Morgan fingerprint density at radius 2 is 1.67 bits per heavy atom. The summed E-state index contributed by atoms with van der Waals surface area (Å²) in [7, 11) is 7.63. The molecule has 0 amide bonds. The van der Waals surface area contributed by atoms with Crippen LogP contribution in [0.3, 0.4) is 0 Å². The van der Waals surface area contributed by atoms with Crippen molar-refractivity contribution in [1.82, 2.24) is 4.90 Å². The lowest BCUT2D eigenvalue weighted by molar-refractivity contribution is -0.383. The SMILES string of the molecule is CCCC(OCCCOC1CCC2C3CCc4cc(OCCSSCCCN(C)CCCC(COC)CON)ccc4C3CCC12C)(C(F)(F)F)C(F)(F)F. The average molecular weight is 831 g/mol. The summed E-state index contributed by atoms with van der Waals surface area (Å²) < 4.78 is 104. The number of methoxy groups -OCH3 is 1. The number of rotatable bonds is 25. The van der Waals surface area contributed by atoms with Crippen molar-refractivity contribution < 1.29 is 50.1 Å². The first kappa shape index (κ1) is 46.7. The number of benzene rings is 1. The molecule has 0 aromatic heterocycles. The topological polar surface area (TPSA) is 75.4 Å². The lowest BCUT2D eigenvalue weighted by atomic mass is 9.55. The molecule has 2 saturated carbocycles. The minimum absolute atomic E-state index is 0.0288. The minimum atomic E-state index is -5.55. The highest BCUT2D eigenvalue weighted by molar-refractivity contribution is 8.76. The Hall–Kier alpha value is -0.940. The van der Waals surface area contributed by atoms with Crippen LogP contribution in [0.1, 0.15) is 102 Å². The molecule has 7 nitrogen and oxygen atoms in total. The third kappa shape index (κ3) is 12.3. The van der Waals surface area contributed by atoms with Gasteiger partial charge in [0.05, 0.1) is 32.5 Å². The second-order valence-electron chi connectivity index (χ2n) is 16.0.